The molecule has 3 aromatic heterocycles. The lowest BCUT2D eigenvalue weighted by Crippen LogP contribution is -2.24. The van der Waals surface area contributed by atoms with Crippen molar-refractivity contribution in [1.29, 1.82) is 0 Å². The molecule has 0 aliphatic rings. The van der Waals surface area contributed by atoms with Gasteiger partial charge in [0.25, 0.3) is 0 Å². The van der Waals surface area contributed by atoms with Crippen molar-refractivity contribution in [3.8, 4) is 0 Å². The van der Waals surface area contributed by atoms with Crippen molar-refractivity contribution in [3.63, 3.8) is 0 Å². The maximum absolute atomic E-state index is 12.1. The number of amides is 1. The second-order valence-electron chi connectivity index (χ2n) is 5.80. The van der Waals surface area contributed by atoms with Crippen LogP contribution in [0.3, 0.4) is 0 Å². The first kappa shape index (κ1) is 15.6. The molecule has 4 rings (SSSR count). The summed E-state index contributed by atoms with van der Waals surface area (Å²) in [5, 5.41) is 9.12. The molecule has 7 heteroatoms. The van der Waals surface area contributed by atoms with Gasteiger partial charge in [0.1, 0.15) is 0 Å². The summed E-state index contributed by atoms with van der Waals surface area (Å²) in [5.74, 6) is -0.0219. The number of fused-ring (bicyclic) bond motifs is 1. The summed E-state index contributed by atoms with van der Waals surface area (Å²) in [5.41, 5.74) is 3.04. The molecule has 0 radical (unpaired) electrons. The summed E-state index contributed by atoms with van der Waals surface area (Å²) in [4.78, 5) is 17.4. The number of benzene rings is 1. The van der Waals surface area contributed by atoms with Crippen molar-refractivity contribution in [1.82, 2.24) is 24.5 Å². The molecule has 0 fully saturated rings. The molecule has 0 bridgehead atoms. The van der Waals surface area contributed by atoms with Crippen LogP contribution < -0.4 is 5.32 Å². The number of thiazole rings is 1. The second kappa shape index (κ2) is 6.90. The fourth-order valence-corrected chi connectivity index (χ4v) is 3.35. The van der Waals surface area contributed by atoms with Crippen molar-refractivity contribution in [2.24, 2.45) is 0 Å². The number of hydrogen-bond donors (Lipinski definition) is 1. The molecule has 0 atom stereocenters. The van der Waals surface area contributed by atoms with E-state index < -0.39 is 0 Å². The number of hydrogen-bond acceptors (Lipinski definition) is 4. The Morgan fingerprint density at radius 1 is 1.16 bits per heavy atom. The number of nitrogens with one attached hydrogen (secondary N) is 1. The highest BCUT2D eigenvalue weighted by atomic mass is 32.1. The Balaban J connectivity index is 1.29. The zero-order valence-corrected chi connectivity index (χ0v) is 14.3. The molecule has 0 spiro atoms. The predicted octanol–water partition coefficient (Wildman–Crippen LogP) is 2.50. The Morgan fingerprint density at radius 2 is 2.00 bits per heavy atom. The Hall–Kier alpha value is -2.93. The number of rotatable bonds is 6. The highest BCUT2D eigenvalue weighted by molar-refractivity contribution is 7.15. The summed E-state index contributed by atoms with van der Waals surface area (Å²) in [6, 6.07) is 10.1. The summed E-state index contributed by atoms with van der Waals surface area (Å²) in [6.45, 7) is 1.26. The number of carbonyl (C=O) groups is 1. The van der Waals surface area contributed by atoms with Gasteiger partial charge in [-0.3, -0.25) is 13.9 Å². The van der Waals surface area contributed by atoms with Crippen molar-refractivity contribution >= 4 is 22.2 Å². The van der Waals surface area contributed by atoms with Crippen LogP contribution in [0.5, 0.6) is 0 Å². The topological polar surface area (TPSA) is 64.2 Å². The van der Waals surface area contributed by atoms with Crippen LogP contribution in [0.2, 0.25) is 0 Å². The summed E-state index contributed by atoms with van der Waals surface area (Å²) in [7, 11) is 0. The van der Waals surface area contributed by atoms with E-state index in [-0.39, 0.29) is 5.91 Å². The normalized spacial score (nSPS) is 11.0. The first-order chi connectivity index (χ1) is 12.3. The van der Waals surface area contributed by atoms with Crippen molar-refractivity contribution < 1.29 is 4.79 Å². The Bertz CT molecular complexity index is 940. The first-order valence-electron chi connectivity index (χ1n) is 7.99. The molecular weight excluding hydrogens is 334 g/mol. The third kappa shape index (κ3) is 3.77. The molecule has 25 heavy (non-hydrogen) atoms. The van der Waals surface area contributed by atoms with Gasteiger partial charge in [0.2, 0.25) is 5.91 Å². The fourth-order valence-electron chi connectivity index (χ4n) is 2.63. The van der Waals surface area contributed by atoms with E-state index in [1.807, 2.05) is 51.3 Å². The molecule has 6 nitrogen and oxygen atoms in total. The zero-order valence-electron chi connectivity index (χ0n) is 13.5. The van der Waals surface area contributed by atoms with Gasteiger partial charge in [-0.15, -0.1) is 11.3 Å². The number of aromatic nitrogens is 4. The molecule has 3 heterocycles. The van der Waals surface area contributed by atoms with Gasteiger partial charge in [-0.25, -0.2) is 4.98 Å². The zero-order chi connectivity index (χ0) is 17.1. The van der Waals surface area contributed by atoms with E-state index in [2.05, 4.69) is 27.5 Å². The van der Waals surface area contributed by atoms with E-state index in [0.717, 1.165) is 22.8 Å². The van der Waals surface area contributed by atoms with Gasteiger partial charge in [0.05, 0.1) is 18.7 Å². The Kier molecular flexibility index (Phi) is 4.30. The Morgan fingerprint density at radius 3 is 2.76 bits per heavy atom. The lowest BCUT2D eigenvalue weighted by molar-refractivity contribution is -0.120. The molecule has 1 N–H and O–H groups in total. The number of carbonyl (C=O) groups excluding carboxylic acids is 1. The largest absolute Gasteiger partial charge is 0.352 e. The van der Waals surface area contributed by atoms with Gasteiger partial charge in [-0.1, -0.05) is 24.3 Å². The minimum atomic E-state index is -0.0219. The van der Waals surface area contributed by atoms with Crippen LogP contribution in [0.15, 0.2) is 60.5 Å². The van der Waals surface area contributed by atoms with Crippen LogP contribution in [0.4, 0.5) is 0 Å². The predicted molar refractivity (Wildman–Crippen MR) is 96.4 cm³/mol. The molecule has 4 aromatic rings. The van der Waals surface area contributed by atoms with Crippen molar-refractivity contribution in [2.45, 2.75) is 19.5 Å². The standard InChI is InChI=1S/C18H17N5OS/c24-17(10-16-13-22-8-9-25-18(22)21-16)19-11-14-2-4-15(5-3-14)12-23-7-1-6-20-23/h1-9,13H,10-12H2,(H,19,24). The van der Waals surface area contributed by atoms with E-state index in [4.69, 9.17) is 0 Å². The first-order valence-corrected chi connectivity index (χ1v) is 8.87. The molecule has 0 aliphatic carbocycles. The molecule has 126 valence electrons. The van der Waals surface area contributed by atoms with Crippen LogP contribution in [0.1, 0.15) is 16.8 Å². The minimum Gasteiger partial charge on any atom is -0.352 e. The van der Waals surface area contributed by atoms with Gasteiger partial charge >= 0.3 is 0 Å². The highest BCUT2D eigenvalue weighted by Gasteiger charge is 2.08. The monoisotopic (exact) mass is 351 g/mol. The van der Waals surface area contributed by atoms with E-state index in [9.17, 15) is 4.79 Å². The Labute approximate surface area is 148 Å². The summed E-state index contributed by atoms with van der Waals surface area (Å²) >= 11 is 1.56. The summed E-state index contributed by atoms with van der Waals surface area (Å²) < 4.78 is 3.82. The van der Waals surface area contributed by atoms with E-state index >= 15 is 0 Å². The average Bonchev–Trinajstić information content (AvgIpc) is 3.32. The number of imidazole rings is 1. The van der Waals surface area contributed by atoms with Crippen LogP contribution in [0, 0.1) is 0 Å². The lowest BCUT2D eigenvalue weighted by Gasteiger charge is -2.06. The quantitative estimate of drug-likeness (QED) is 0.580. The minimum absolute atomic E-state index is 0.0219. The van der Waals surface area contributed by atoms with E-state index in [1.54, 1.807) is 17.5 Å². The lowest BCUT2D eigenvalue weighted by atomic mass is 10.1. The van der Waals surface area contributed by atoms with Gasteiger partial charge in [-0.05, 0) is 17.2 Å². The van der Waals surface area contributed by atoms with Gasteiger partial charge < -0.3 is 5.32 Å². The molecule has 1 aromatic carbocycles. The molecule has 1 amide bonds. The number of nitrogens with zero attached hydrogens (tertiary/aromatic N) is 4. The second-order valence-corrected chi connectivity index (χ2v) is 6.67. The third-order valence-electron chi connectivity index (χ3n) is 3.90. The summed E-state index contributed by atoms with van der Waals surface area (Å²) in [6.07, 6.45) is 7.85. The molecule has 0 unspecified atom stereocenters. The third-order valence-corrected chi connectivity index (χ3v) is 4.67. The molecule has 0 saturated heterocycles. The maximum Gasteiger partial charge on any atom is 0.226 e. The molecular formula is C18H17N5OS. The van der Waals surface area contributed by atoms with E-state index in [1.165, 1.54) is 5.56 Å². The van der Waals surface area contributed by atoms with Crippen LogP contribution in [0.25, 0.3) is 4.96 Å². The maximum atomic E-state index is 12.1. The van der Waals surface area contributed by atoms with Gasteiger partial charge in [0.15, 0.2) is 4.96 Å². The fraction of sp³-hybridized carbons (Fsp3) is 0.167. The molecule has 0 aliphatic heterocycles. The average molecular weight is 351 g/mol. The SMILES string of the molecule is O=C(Cc1cn2ccsc2n1)NCc1ccc(Cn2cccn2)cc1. The van der Waals surface area contributed by atoms with Crippen LogP contribution in [-0.4, -0.2) is 25.1 Å². The van der Waals surface area contributed by atoms with Gasteiger partial charge in [-0.2, -0.15) is 5.10 Å². The van der Waals surface area contributed by atoms with E-state index in [0.29, 0.717) is 13.0 Å². The van der Waals surface area contributed by atoms with Crippen LogP contribution >= 0.6 is 11.3 Å². The van der Waals surface area contributed by atoms with Crippen molar-refractivity contribution in [2.75, 3.05) is 0 Å². The highest BCUT2D eigenvalue weighted by Crippen LogP contribution is 2.12. The van der Waals surface area contributed by atoms with Crippen molar-refractivity contribution in [3.05, 3.63) is 77.3 Å². The smallest absolute Gasteiger partial charge is 0.226 e. The molecule has 0 saturated carbocycles. The van der Waals surface area contributed by atoms with Crippen LogP contribution in [-0.2, 0) is 24.3 Å². The van der Waals surface area contributed by atoms with Gasteiger partial charge in [0, 0.05) is 36.7 Å².